The number of nitrogens with one attached hydrogen (secondary N) is 1. The van der Waals surface area contributed by atoms with E-state index in [9.17, 15) is 0 Å². The Balaban J connectivity index is 1.77. The van der Waals surface area contributed by atoms with Gasteiger partial charge in [-0.1, -0.05) is 39.0 Å². The lowest BCUT2D eigenvalue weighted by Crippen LogP contribution is -2.35. The van der Waals surface area contributed by atoms with Gasteiger partial charge in [0.15, 0.2) is 0 Å². The zero-order valence-electron chi connectivity index (χ0n) is 10.5. The topological polar surface area (TPSA) is 12.0 Å². The van der Waals surface area contributed by atoms with Crippen molar-refractivity contribution in [3.8, 4) is 0 Å². The second-order valence-corrected chi connectivity index (χ2v) is 5.83. The summed E-state index contributed by atoms with van der Waals surface area (Å²) >= 11 is 0. The maximum absolute atomic E-state index is 3.57. The predicted molar refractivity (Wildman–Crippen MR) is 65.9 cm³/mol. The molecule has 1 nitrogen and oxygen atoms in total. The van der Waals surface area contributed by atoms with Crippen LogP contribution in [0.25, 0.3) is 0 Å². The third kappa shape index (κ3) is 3.21. The van der Waals surface area contributed by atoms with Gasteiger partial charge in [0.1, 0.15) is 0 Å². The minimum absolute atomic E-state index is 0.792. The first kappa shape index (κ1) is 11.4. The lowest BCUT2D eigenvalue weighted by molar-refractivity contribution is 0.253. The van der Waals surface area contributed by atoms with Crippen LogP contribution in [0.15, 0.2) is 0 Å². The summed E-state index contributed by atoms with van der Waals surface area (Å²) < 4.78 is 0. The average molecular weight is 209 g/mol. The van der Waals surface area contributed by atoms with Crippen LogP contribution in [-0.2, 0) is 0 Å². The molecule has 2 atom stereocenters. The Hall–Kier alpha value is -0.0400. The van der Waals surface area contributed by atoms with Crippen molar-refractivity contribution in [2.24, 2.45) is 17.8 Å². The molecule has 15 heavy (non-hydrogen) atoms. The fraction of sp³-hybridized carbons (Fsp3) is 1.00. The molecule has 1 heteroatoms. The van der Waals surface area contributed by atoms with Gasteiger partial charge in [-0.2, -0.15) is 0 Å². The Kier molecular flexibility index (Phi) is 4.07. The summed E-state index contributed by atoms with van der Waals surface area (Å²) in [5.41, 5.74) is 0. The monoisotopic (exact) mass is 209 g/mol. The summed E-state index contributed by atoms with van der Waals surface area (Å²) in [5.74, 6) is 2.99. The van der Waals surface area contributed by atoms with Crippen LogP contribution in [0.3, 0.4) is 0 Å². The molecule has 0 aromatic heterocycles. The van der Waals surface area contributed by atoms with Gasteiger partial charge in [-0.25, -0.2) is 0 Å². The molecule has 0 heterocycles. The molecule has 2 fully saturated rings. The Morgan fingerprint density at radius 2 is 1.73 bits per heavy atom. The zero-order valence-corrected chi connectivity index (χ0v) is 10.5. The van der Waals surface area contributed by atoms with Gasteiger partial charge >= 0.3 is 0 Å². The van der Waals surface area contributed by atoms with E-state index in [0.717, 1.165) is 23.8 Å². The van der Waals surface area contributed by atoms with Gasteiger partial charge in [0.05, 0.1) is 0 Å². The molecule has 0 aromatic carbocycles. The summed E-state index contributed by atoms with van der Waals surface area (Å²) in [5, 5.41) is 3.57. The van der Waals surface area contributed by atoms with Crippen LogP contribution in [0.5, 0.6) is 0 Å². The molecular formula is C14H27N. The molecule has 0 spiro atoms. The smallest absolute Gasteiger partial charge is 0.00949 e. The lowest BCUT2D eigenvalue weighted by Gasteiger charge is -2.30. The molecule has 2 aliphatic rings. The van der Waals surface area contributed by atoms with E-state index in [0.29, 0.717) is 0 Å². The predicted octanol–water partition coefficient (Wildman–Crippen LogP) is 3.59. The number of hydrogen-bond donors (Lipinski definition) is 1. The van der Waals surface area contributed by atoms with Crippen LogP contribution in [0.2, 0.25) is 0 Å². The first-order chi connectivity index (χ1) is 7.31. The molecule has 0 saturated heterocycles. The van der Waals surface area contributed by atoms with Crippen LogP contribution >= 0.6 is 0 Å². The average Bonchev–Trinajstić information content (AvgIpc) is 3.10. The molecule has 2 rings (SSSR count). The minimum Gasteiger partial charge on any atom is -0.317 e. The number of hydrogen-bond acceptors (Lipinski definition) is 1. The van der Waals surface area contributed by atoms with Crippen molar-refractivity contribution in [3.05, 3.63) is 0 Å². The highest BCUT2D eigenvalue weighted by Gasteiger charge is 2.33. The second-order valence-electron chi connectivity index (χ2n) is 5.83. The summed E-state index contributed by atoms with van der Waals surface area (Å²) in [6, 6.07) is 0.792. The van der Waals surface area contributed by atoms with E-state index in [1.165, 1.54) is 51.4 Å². The molecule has 2 saturated carbocycles. The highest BCUT2D eigenvalue weighted by Crippen LogP contribution is 2.40. The zero-order chi connectivity index (χ0) is 10.7. The quantitative estimate of drug-likeness (QED) is 0.729. The van der Waals surface area contributed by atoms with Crippen LogP contribution < -0.4 is 5.32 Å². The van der Waals surface area contributed by atoms with Gasteiger partial charge in [-0.05, 0) is 44.1 Å². The van der Waals surface area contributed by atoms with Gasteiger partial charge in [0.2, 0.25) is 0 Å². The van der Waals surface area contributed by atoms with Gasteiger partial charge in [0.25, 0.3) is 0 Å². The van der Waals surface area contributed by atoms with Crippen molar-refractivity contribution in [2.75, 3.05) is 7.05 Å². The lowest BCUT2D eigenvalue weighted by atomic mass is 9.81. The van der Waals surface area contributed by atoms with Crippen molar-refractivity contribution in [1.29, 1.82) is 0 Å². The van der Waals surface area contributed by atoms with E-state index in [1.807, 2.05) is 0 Å². The van der Waals surface area contributed by atoms with E-state index < -0.39 is 0 Å². The number of rotatable bonds is 5. The maximum atomic E-state index is 3.57. The molecule has 88 valence electrons. The van der Waals surface area contributed by atoms with E-state index in [-0.39, 0.29) is 0 Å². The minimum atomic E-state index is 0.792. The Morgan fingerprint density at radius 1 is 1.07 bits per heavy atom. The van der Waals surface area contributed by atoms with Gasteiger partial charge < -0.3 is 5.32 Å². The third-order valence-electron chi connectivity index (χ3n) is 4.68. The summed E-state index contributed by atoms with van der Waals surface area (Å²) in [7, 11) is 2.16. The van der Waals surface area contributed by atoms with Crippen molar-refractivity contribution < 1.29 is 0 Å². The molecule has 2 unspecified atom stereocenters. The van der Waals surface area contributed by atoms with Gasteiger partial charge in [0, 0.05) is 6.04 Å². The fourth-order valence-electron chi connectivity index (χ4n) is 3.33. The van der Waals surface area contributed by atoms with Crippen LogP contribution in [0.1, 0.15) is 58.3 Å². The first-order valence-electron chi connectivity index (χ1n) is 6.98. The van der Waals surface area contributed by atoms with Crippen molar-refractivity contribution in [2.45, 2.75) is 64.3 Å². The summed E-state index contributed by atoms with van der Waals surface area (Å²) in [6.07, 6.45) is 11.9. The molecule has 0 aromatic rings. The van der Waals surface area contributed by atoms with E-state index in [2.05, 4.69) is 19.3 Å². The van der Waals surface area contributed by atoms with Gasteiger partial charge in [-0.3, -0.25) is 0 Å². The molecule has 0 bridgehead atoms. The highest BCUT2D eigenvalue weighted by molar-refractivity contribution is 4.87. The first-order valence-corrected chi connectivity index (χ1v) is 6.98. The molecule has 2 aliphatic carbocycles. The molecule has 1 N–H and O–H groups in total. The third-order valence-corrected chi connectivity index (χ3v) is 4.68. The molecule has 0 radical (unpaired) electrons. The molecule has 0 amide bonds. The Labute approximate surface area is 95.0 Å². The van der Waals surface area contributed by atoms with Gasteiger partial charge in [-0.15, -0.1) is 0 Å². The summed E-state index contributed by atoms with van der Waals surface area (Å²) in [4.78, 5) is 0. The summed E-state index contributed by atoms with van der Waals surface area (Å²) in [6.45, 7) is 2.46. The second kappa shape index (κ2) is 5.34. The standard InChI is InChI=1S/C14H27N/c1-11(13-8-9-13)14(15-2)10-12-6-4-3-5-7-12/h11-15H,3-10H2,1-2H3. The van der Waals surface area contributed by atoms with Crippen molar-refractivity contribution in [1.82, 2.24) is 5.32 Å². The van der Waals surface area contributed by atoms with Crippen LogP contribution in [0.4, 0.5) is 0 Å². The van der Waals surface area contributed by atoms with Crippen LogP contribution in [-0.4, -0.2) is 13.1 Å². The van der Waals surface area contributed by atoms with Crippen LogP contribution in [0, 0.1) is 17.8 Å². The highest BCUT2D eigenvalue weighted by atomic mass is 14.9. The Morgan fingerprint density at radius 3 is 2.27 bits per heavy atom. The maximum Gasteiger partial charge on any atom is 0.00949 e. The molecule has 0 aliphatic heterocycles. The van der Waals surface area contributed by atoms with E-state index >= 15 is 0 Å². The fourth-order valence-corrected chi connectivity index (χ4v) is 3.33. The largest absolute Gasteiger partial charge is 0.317 e. The molecular weight excluding hydrogens is 182 g/mol. The SMILES string of the molecule is CNC(CC1CCCCC1)C(C)C1CC1. The van der Waals surface area contributed by atoms with E-state index in [1.54, 1.807) is 0 Å². The van der Waals surface area contributed by atoms with Crippen molar-refractivity contribution >= 4 is 0 Å². The van der Waals surface area contributed by atoms with E-state index in [4.69, 9.17) is 0 Å². The van der Waals surface area contributed by atoms with Crippen molar-refractivity contribution in [3.63, 3.8) is 0 Å². The normalized spacial score (nSPS) is 27.6. The Bertz CT molecular complexity index is 180.